The molecule has 0 aromatic carbocycles. The molecule has 0 saturated heterocycles. The number of hydrogen-bond donors (Lipinski definition) is 0. The third-order valence-corrected chi connectivity index (χ3v) is 1.99. The predicted octanol–water partition coefficient (Wildman–Crippen LogP) is 2.87. The second-order valence-electron chi connectivity index (χ2n) is 4.70. The van der Waals surface area contributed by atoms with Gasteiger partial charge in [-0.2, -0.15) is 0 Å². The largest absolute Gasteiger partial charge is 0.258 e. The minimum Gasteiger partial charge on any atom is -0.258 e. The van der Waals surface area contributed by atoms with Crippen LogP contribution in [0.1, 0.15) is 39.1 Å². The van der Waals surface area contributed by atoms with E-state index in [4.69, 9.17) is 0 Å². The van der Waals surface area contributed by atoms with Gasteiger partial charge in [0, 0.05) is 12.4 Å². The van der Waals surface area contributed by atoms with Crippen molar-refractivity contribution in [1.29, 1.82) is 0 Å². The second kappa shape index (κ2) is 5.08. The molecule has 1 heterocycles. The van der Waals surface area contributed by atoms with Crippen molar-refractivity contribution < 1.29 is 0 Å². The highest BCUT2D eigenvalue weighted by molar-refractivity contribution is 5.03. The monoisotopic (exact) mass is 192 g/mol. The Labute approximate surface area is 86.8 Å². The van der Waals surface area contributed by atoms with E-state index in [1.165, 1.54) is 0 Å². The molecular weight excluding hydrogens is 172 g/mol. The molecule has 0 amide bonds. The molecule has 0 N–H and O–H groups in total. The first-order valence-electron chi connectivity index (χ1n) is 5.37. The number of aromatic nitrogens is 2. The highest BCUT2D eigenvalue weighted by Crippen LogP contribution is 2.07. The van der Waals surface area contributed by atoms with Crippen molar-refractivity contribution in [2.75, 3.05) is 0 Å². The molecule has 0 fully saturated rings. The van der Waals surface area contributed by atoms with Crippen molar-refractivity contribution in [1.82, 2.24) is 9.97 Å². The van der Waals surface area contributed by atoms with E-state index in [2.05, 4.69) is 37.7 Å². The third kappa shape index (κ3) is 3.86. The van der Waals surface area contributed by atoms with Crippen molar-refractivity contribution in [2.24, 2.45) is 11.8 Å². The zero-order valence-electron chi connectivity index (χ0n) is 9.62. The van der Waals surface area contributed by atoms with Gasteiger partial charge in [-0.25, -0.2) is 0 Å². The smallest absolute Gasteiger partial charge is 0.0589 e. The first-order chi connectivity index (χ1) is 6.58. The van der Waals surface area contributed by atoms with Crippen molar-refractivity contribution in [2.45, 2.75) is 40.5 Å². The van der Waals surface area contributed by atoms with Gasteiger partial charge in [0.1, 0.15) is 0 Å². The Morgan fingerprint density at radius 2 is 1.21 bits per heavy atom. The van der Waals surface area contributed by atoms with Crippen molar-refractivity contribution in [3.05, 3.63) is 23.8 Å². The Hall–Kier alpha value is -0.920. The molecule has 0 unspecified atom stereocenters. The second-order valence-corrected chi connectivity index (χ2v) is 4.70. The zero-order chi connectivity index (χ0) is 10.6. The topological polar surface area (TPSA) is 25.8 Å². The van der Waals surface area contributed by atoms with Crippen LogP contribution in [-0.2, 0) is 12.8 Å². The fourth-order valence-corrected chi connectivity index (χ4v) is 1.43. The maximum atomic E-state index is 4.41. The van der Waals surface area contributed by atoms with Gasteiger partial charge in [-0.15, -0.1) is 0 Å². The van der Waals surface area contributed by atoms with Crippen LogP contribution in [0.3, 0.4) is 0 Å². The fourth-order valence-electron chi connectivity index (χ4n) is 1.43. The van der Waals surface area contributed by atoms with Crippen LogP contribution in [-0.4, -0.2) is 9.97 Å². The summed E-state index contributed by atoms with van der Waals surface area (Å²) in [6.45, 7) is 8.79. The summed E-state index contributed by atoms with van der Waals surface area (Å²) in [5.41, 5.74) is 2.21. The zero-order valence-corrected chi connectivity index (χ0v) is 9.62. The Balaban J connectivity index is 2.59. The summed E-state index contributed by atoms with van der Waals surface area (Å²) >= 11 is 0. The molecule has 1 aromatic heterocycles. The number of rotatable bonds is 4. The highest BCUT2D eigenvalue weighted by Gasteiger charge is 2.02. The van der Waals surface area contributed by atoms with Crippen molar-refractivity contribution in [3.8, 4) is 0 Å². The van der Waals surface area contributed by atoms with E-state index in [1.54, 1.807) is 0 Å². The van der Waals surface area contributed by atoms with E-state index in [0.717, 1.165) is 24.2 Å². The molecule has 0 bridgehead atoms. The van der Waals surface area contributed by atoms with E-state index < -0.39 is 0 Å². The van der Waals surface area contributed by atoms with Crippen LogP contribution in [0.25, 0.3) is 0 Å². The summed E-state index contributed by atoms with van der Waals surface area (Å²) in [6.07, 6.45) is 5.87. The van der Waals surface area contributed by atoms with Crippen molar-refractivity contribution >= 4 is 0 Å². The van der Waals surface area contributed by atoms with Gasteiger partial charge in [-0.1, -0.05) is 27.7 Å². The summed E-state index contributed by atoms with van der Waals surface area (Å²) in [5, 5.41) is 0. The molecule has 0 aliphatic rings. The third-order valence-electron chi connectivity index (χ3n) is 1.99. The van der Waals surface area contributed by atoms with Crippen LogP contribution < -0.4 is 0 Å². The normalized spacial score (nSPS) is 11.3. The average molecular weight is 192 g/mol. The van der Waals surface area contributed by atoms with Crippen LogP contribution in [0.15, 0.2) is 12.4 Å². The number of nitrogens with zero attached hydrogens (tertiary/aromatic N) is 2. The maximum absolute atomic E-state index is 4.41. The molecule has 2 nitrogen and oxygen atoms in total. The Morgan fingerprint density at radius 3 is 1.43 bits per heavy atom. The lowest BCUT2D eigenvalue weighted by molar-refractivity contribution is 0.617. The van der Waals surface area contributed by atoms with E-state index in [-0.39, 0.29) is 0 Å². The lowest BCUT2D eigenvalue weighted by Gasteiger charge is -2.06. The van der Waals surface area contributed by atoms with E-state index >= 15 is 0 Å². The molecule has 1 aromatic rings. The minimum absolute atomic E-state index is 0.653. The van der Waals surface area contributed by atoms with Crippen LogP contribution in [0.2, 0.25) is 0 Å². The first kappa shape index (κ1) is 11.2. The lowest BCUT2D eigenvalue weighted by atomic mass is 10.1. The van der Waals surface area contributed by atoms with Crippen molar-refractivity contribution in [3.63, 3.8) is 0 Å². The Bertz CT molecular complexity index is 233. The Morgan fingerprint density at radius 1 is 0.857 bits per heavy atom. The fraction of sp³-hybridized carbons (Fsp3) is 0.667. The quantitative estimate of drug-likeness (QED) is 0.733. The van der Waals surface area contributed by atoms with Crippen LogP contribution >= 0.6 is 0 Å². The molecular formula is C12H20N2. The molecule has 0 aliphatic heterocycles. The molecule has 78 valence electrons. The van der Waals surface area contributed by atoms with E-state index in [0.29, 0.717) is 11.8 Å². The van der Waals surface area contributed by atoms with E-state index in [1.807, 2.05) is 12.4 Å². The van der Waals surface area contributed by atoms with Gasteiger partial charge in [-0.3, -0.25) is 9.97 Å². The standard InChI is InChI=1S/C12H20N2/c1-9(2)5-11-7-14-12(8-13-11)6-10(3)4/h7-10H,5-6H2,1-4H3. The highest BCUT2D eigenvalue weighted by atomic mass is 14.8. The molecule has 0 radical (unpaired) electrons. The summed E-state index contributed by atoms with van der Waals surface area (Å²) in [4.78, 5) is 8.82. The molecule has 0 saturated carbocycles. The summed E-state index contributed by atoms with van der Waals surface area (Å²) < 4.78 is 0. The van der Waals surface area contributed by atoms with E-state index in [9.17, 15) is 0 Å². The van der Waals surface area contributed by atoms with Crippen LogP contribution in [0.5, 0.6) is 0 Å². The van der Waals surface area contributed by atoms with Crippen LogP contribution in [0, 0.1) is 11.8 Å². The van der Waals surface area contributed by atoms with Gasteiger partial charge in [0.15, 0.2) is 0 Å². The molecule has 2 heteroatoms. The van der Waals surface area contributed by atoms with Crippen LogP contribution in [0.4, 0.5) is 0 Å². The maximum Gasteiger partial charge on any atom is 0.0589 e. The number of hydrogen-bond acceptors (Lipinski definition) is 2. The Kier molecular flexibility index (Phi) is 4.05. The lowest BCUT2D eigenvalue weighted by Crippen LogP contribution is -2.02. The van der Waals surface area contributed by atoms with Gasteiger partial charge in [0.25, 0.3) is 0 Å². The predicted molar refractivity (Wildman–Crippen MR) is 59.1 cm³/mol. The van der Waals surface area contributed by atoms with Gasteiger partial charge < -0.3 is 0 Å². The summed E-state index contributed by atoms with van der Waals surface area (Å²) in [6, 6.07) is 0. The summed E-state index contributed by atoms with van der Waals surface area (Å²) in [5.74, 6) is 1.31. The van der Waals surface area contributed by atoms with Gasteiger partial charge in [0.2, 0.25) is 0 Å². The molecule has 1 rings (SSSR count). The average Bonchev–Trinajstić information content (AvgIpc) is 2.06. The van der Waals surface area contributed by atoms with Gasteiger partial charge >= 0.3 is 0 Å². The molecule has 0 aliphatic carbocycles. The van der Waals surface area contributed by atoms with Gasteiger partial charge in [-0.05, 0) is 24.7 Å². The first-order valence-corrected chi connectivity index (χ1v) is 5.37. The SMILES string of the molecule is CC(C)Cc1cnc(CC(C)C)cn1. The van der Waals surface area contributed by atoms with Gasteiger partial charge in [0.05, 0.1) is 11.4 Å². The minimum atomic E-state index is 0.653. The summed E-state index contributed by atoms with van der Waals surface area (Å²) in [7, 11) is 0. The molecule has 0 atom stereocenters. The molecule has 14 heavy (non-hydrogen) atoms. The molecule has 0 spiro atoms.